The predicted octanol–water partition coefficient (Wildman–Crippen LogP) is 0.625. The third kappa shape index (κ3) is 2.25. The smallest absolute Gasteiger partial charge is 0.273 e. The first kappa shape index (κ1) is 10.6. The number of nitrogens with zero attached hydrogens (tertiary/aromatic N) is 2. The number of hydrogen-bond acceptors (Lipinski definition) is 3. The topological polar surface area (TPSA) is 72.9 Å². The molecule has 5 heteroatoms. The molecule has 0 aliphatic carbocycles. The van der Waals surface area contributed by atoms with Gasteiger partial charge >= 0.3 is 0 Å². The number of amides is 1. The maximum absolute atomic E-state index is 11.5. The number of hydrogen-bond donors (Lipinski definition) is 2. The molecule has 0 unspecified atom stereocenters. The van der Waals surface area contributed by atoms with Crippen LogP contribution in [0, 0.1) is 0 Å². The first-order valence-corrected chi connectivity index (χ1v) is 4.80. The van der Waals surface area contributed by atoms with Gasteiger partial charge in [-0.2, -0.15) is 5.10 Å². The van der Waals surface area contributed by atoms with Crippen LogP contribution in [0.25, 0.3) is 0 Å². The van der Waals surface area contributed by atoms with Crippen LogP contribution >= 0.6 is 0 Å². The monoisotopic (exact) mass is 196 g/mol. The van der Waals surface area contributed by atoms with Crippen molar-refractivity contribution in [2.24, 2.45) is 0 Å². The summed E-state index contributed by atoms with van der Waals surface area (Å²) in [6, 6.07) is 0. The van der Waals surface area contributed by atoms with Gasteiger partial charge in [0, 0.05) is 19.3 Å². The molecule has 1 aromatic rings. The van der Waals surface area contributed by atoms with E-state index in [0.29, 0.717) is 24.5 Å². The van der Waals surface area contributed by atoms with Crippen molar-refractivity contribution in [3.63, 3.8) is 0 Å². The van der Waals surface area contributed by atoms with Gasteiger partial charge in [0.15, 0.2) is 5.69 Å². The van der Waals surface area contributed by atoms with E-state index in [-0.39, 0.29) is 5.91 Å². The number of nitrogen functional groups attached to an aromatic ring is 1. The Morgan fingerprint density at radius 2 is 2.36 bits per heavy atom. The average Bonchev–Trinajstić information content (AvgIpc) is 2.56. The van der Waals surface area contributed by atoms with Crippen molar-refractivity contribution in [2.75, 3.05) is 12.3 Å². The van der Waals surface area contributed by atoms with E-state index in [1.807, 2.05) is 13.8 Å². The van der Waals surface area contributed by atoms with Gasteiger partial charge in [0.05, 0.1) is 5.69 Å². The molecule has 0 saturated carbocycles. The van der Waals surface area contributed by atoms with E-state index in [1.165, 1.54) is 0 Å². The van der Waals surface area contributed by atoms with Crippen LogP contribution in [-0.4, -0.2) is 22.2 Å². The standard InChI is InChI=1S/C9H16N4O/c1-3-5-11-9(14)8-7(10)6-13(4-2)12-8/h6H,3-5,10H2,1-2H3,(H,11,14). The number of carbonyl (C=O) groups is 1. The molecule has 1 amide bonds. The maximum atomic E-state index is 11.5. The number of nitrogens with two attached hydrogens (primary N) is 1. The summed E-state index contributed by atoms with van der Waals surface area (Å²) in [6.07, 6.45) is 2.57. The molecule has 1 aromatic heterocycles. The van der Waals surface area contributed by atoms with Crippen LogP contribution in [0.4, 0.5) is 5.69 Å². The van der Waals surface area contributed by atoms with E-state index in [2.05, 4.69) is 10.4 Å². The van der Waals surface area contributed by atoms with Crippen LogP contribution in [-0.2, 0) is 6.54 Å². The Labute approximate surface area is 83.3 Å². The van der Waals surface area contributed by atoms with Gasteiger partial charge in [-0.25, -0.2) is 0 Å². The Bertz CT molecular complexity index is 319. The van der Waals surface area contributed by atoms with E-state index < -0.39 is 0 Å². The molecule has 1 rings (SSSR count). The maximum Gasteiger partial charge on any atom is 0.273 e. The van der Waals surface area contributed by atoms with E-state index in [9.17, 15) is 4.79 Å². The highest BCUT2D eigenvalue weighted by molar-refractivity contribution is 5.96. The molecular weight excluding hydrogens is 180 g/mol. The SMILES string of the molecule is CCCNC(=O)c1nn(CC)cc1N. The molecule has 1 heterocycles. The van der Waals surface area contributed by atoms with Gasteiger partial charge in [-0.05, 0) is 13.3 Å². The number of aryl methyl sites for hydroxylation is 1. The van der Waals surface area contributed by atoms with Crippen LogP contribution in [0.3, 0.4) is 0 Å². The van der Waals surface area contributed by atoms with Crippen LogP contribution in [0.2, 0.25) is 0 Å². The molecule has 0 fully saturated rings. The zero-order chi connectivity index (χ0) is 10.6. The number of nitrogens with one attached hydrogen (secondary N) is 1. The highest BCUT2D eigenvalue weighted by Crippen LogP contribution is 2.08. The van der Waals surface area contributed by atoms with Gasteiger partial charge < -0.3 is 11.1 Å². The predicted molar refractivity (Wildman–Crippen MR) is 54.9 cm³/mol. The van der Waals surface area contributed by atoms with Crippen LogP contribution in [0.1, 0.15) is 30.8 Å². The molecular formula is C9H16N4O. The molecule has 0 bridgehead atoms. The van der Waals surface area contributed by atoms with Crippen LogP contribution in [0.15, 0.2) is 6.20 Å². The zero-order valence-corrected chi connectivity index (χ0v) is 8.58. The van der Waals surface area contributed by atoms with Crippen molar-refractivity contribution in [2.45, 2.75) is 26.8 Å². The second-order valence-corrected chi connectivity index (χ2v) is 3.04. The summed E-state index contributed by atoms with van der Waals surface area (Å²) in [5, 5.41) is 6.79. The van der Waals surface area contributed by atoms with Crippen molar-refractivity contribution in [1.82, 2.24) is 15.1 Å². The Morgan fingerprint density at radius 1 is 1.64 bits per heavy atom. The van der Waals surface area contributed by atoms with Gasteiger partial charge in [-0.3, -0.25) is 9.48 Å². The highest BCUT2D eigenvalue weighted by atomic mass is 16.1. The van der Waals surface area contributed by atoms with E-state index >= 15 is 0 Å². The van der Waals surface area contributed by atoms with Crippen molar-refractivity contribution in [3.05, 3.63) is 11.9 Å². The minimum Gasteiger partial charge on any atom is -0.396 e. The number of anilines is 1. The highest BCUT2D eigenvalue weighted by Gasteiger charge is 2.13. The number of rotatable bonds is 4. The van der Waals surface area contributed by atoms with Gasteiger partial charge in [0.1, 0.15) is 0 Å². The number of aromatic nitrogens is 2. The first-order chi connectivity index (χ1) is 6.69. The van der Waals surface area contributed by atoms with Gasteiger partial charge in [0.25, 0.3) is 5.91 Å². The van der Waals surface area contributed by atoms with Crippen molar-refractivity contribution in [1.29, 1.82) is 0 Å². The molecule has 5 nitrogen and oxygen atoms in total. The van der Waals surface area contributed by atoms with Crippen molar-refractivity contribution in [3.8, 4) is 0 Å². The Hall–Kier alpha value is -1.52. The lowest BCUT2D eigenvalue weighted by atomic mass is 10.3. The second-order valence-electron chi connectivity index (χ2n) is 3.04. The minimum absolute atomic E-state index is 0.198. The molecule has 0 aliphatic heterocycles. The normalized spacial score (nSPS) is 10.1. The molecule has 78 valence electrons. The molecule has 3 N–H and O–H groups in total. The van der Waals surface area contributed by atoms with Crippen LogP contribution < -0.4 is 11.1 Å². The second kappa shape index (κ2) is 4.64. The lowest BCUT2D eigenvalue weighted by Gasteiger charge is -2.00. The third-order valence-electron chi connectivity index (χ3n) is 1.86. The first-order valence-electron chi connectivity index (χ1n) is 4.80. The Kier molecular flexibility index (Phi) is 3.50. The Morgan fingerprint density at radius 3 is 2.86 bits per heavy atom. The third-order valence-corrected chi connectivity index (χ3v) is 1.86. The van der Waals surface area contributed by atoms with Crippen molar-refractivity contribution < 1.29 is 4.79 Å². The van der Waals surface area contributed by atoms with Crippen LogP contribution in [0.5, 0.6) is 0 Å². The molecule has 0 atom stereocenters. The molecule has 0 aliphatic rings. The van der Waals surface area contributed by atoms with E-state index in [1.54, 1.807) is 10.9 Å². The van der Waals surface area contributed by atoms with E-state index in [4.69, 9.17) is 5.73 Å². The summed E-state index contributed by atoms with van der Waals surface area (Å²) >= 11 is 0. The summed E-state index contributed by atoms with van der Waals surface area (Å²) in [5.41, 5.74) is 6.40. The molecule has 0 aromatic carbocycles. The summed E-state index contributed by atoms with van der Waals surface area (Å²) in [5.74, 6) is -0.198. The minimum atomic E-state index is -0.198. The number of carbonyl (C=O) groups excluding carboxylic acids is 1. The van der Waals surface area contributed by atoms with Gasteiger partial charge in [-0.15, -0.1) is 0 Å². The summed E-state index contributed by atoms with van der Waals surface area (Å²) in [7, 11) is 0. The molecule has 0 saturated heterocycles. The molecule has 0 spiro atoms. The van der Waals surface area contributed by atoms with E-state index in [0.717, 1.165) is 6.42 Å². The fraction of sp³-hybridized carbons (Fsp3) is 0.556. The lowest BCUT2D eigenvalue weighted by molar-refractivity contribution is 0.0948. The molecule has 0 radical (unpaired) electrons. The van der Waals surface area contributed by atoms with Crippen molar-refractivity contribution >= 4 is 11.6 Å². The fourth-order valence-corrected chi connectivity index (χ4v) is 1.10. The van der Waals surface area contributed by atoms with Gasteiger partial charge in [-0.1, -0.05) is 6.92 Å². The summed E-state index contributed by atoms with van der Waals surface area (Å²) < 4.78 is 1.65. The summed E-state index contributed by atoms with van der Waals surface area (Å²) in [4.78, 5) is 11.5. The van der Waals surface area contributed by atoms with Gasteiger partial charge in [0.2, 0.25) is 0 Å². The average molecular weight is 196 g/mol. The fourth-order valence-electron chi connectivity index (χ4n) is 1.10. The molecule has 14 heavy (non-hydrogen) atoms. The quantitative estimate of drug-likeness (QED) is 0.741. The lowest BCUT2D eigenvalue weighted by Crippen LogP contribution is -2.25. The largest absolute Gasteiger partial charge is 0.396 e. The Balaban J connectivity index is 2.73. The summed E-state index contributed by atoms with van der Waals surface area (Å²) in [6.45, 7) is 5.30. The zero-order valence-electron chi connectivity index (χ0n) is 8.58.